The van der Waals surface area contributed by atoms with Crippen molar-refractivity contribution in [3.05, 3.63) is 54.0 Å². The fourth-order valence-electron chi connectivity index (χ4n) is 2.71. The maximum Gasteiger partial charge on any atom is 0.231 e. The van der Waals surface area contributed by atoms with E-state index in [4.69, 9.17) is 10.3 Å². The number of rotatable bonds is 6. The first kappa shape index (κ1) is 20.0. The van der Waals surface area contributed by atoms with Crippen molar-refractivity contribution in [2.45, 2.75) is 44.3 Å². The lowest BCUT2D eigenvalue weighted by Crippen LogP contribution is -2.28. The van der Waals surface area contributed by atoms with Gasteiger partial charge in [0, 0.05) is 5.56 Å². The summed E-state index contributed by atoms with van der Waals surface area (Å²) in [7, 11) is 0. The van der Waals surface area contributed by atoms with Crippen LogP contribution in [0, 0.1) is 0 Å². The van der Waals surface area contributed by atoms with Crippen molar-refractivity contribution in [2.75, 3.05) is 11.6 Å². The van der Waals surface area contributed by atoms with E-state index in [1.54, 1.807) is 12.3 Å². The Morgan fingerprint density at radius 3 is 2.57 bits per heavy atom. The van der Waals surface area contributed by atoms with Crippen molar-refractivity contribution in [3.8, 4) is 11.4 Å². The Bertz CT molecular complexity index is 927. The molecule has 0 aliphatic rings. The van der Waals surface area contributed by atoms with Gasteiger partial charge in [-0.05, 0) is 30.0 Å². The third kappa shape index (κ3) is 4.56. The fraction of sp³-hybridized carbons (Fsp3) is 0.350. The van der Waals surface area contributed by atoms with Crippen LogP contribution in [-0.4, -0.2) is 26.5 Å². The molecule has 148 valence electrons. The number of nitrogen functional groups attached to an aromatic ring is 1. The first-order valence-corrected chi connectivity index (χ1v) is 10.0. The Hall–Kier alpha value is -2.74. The number of nitrogens with one attached hydrogen (secondary N) is 1. The summed E-state index contributed by atoms with van der Waals surface area (Å²) >= 11 is 1.24. The Labute approximate surface area is 168 Å². The molecule has 1 atom stereocenters. The molecular formula is C20H25N5O2S. The molecule has 0 saturated heterocycles. The summed E-state index contributed by atoms with van der Waals surface area (Å²) in [4.78, 5) is 12.2. The average molecular weight is 400 g/mol. The number of carbonyl (C=O) groups excluding carboxylic acids is 1. The van der Waals surface area contributed by atoms with E-state index in [9.17, 15) is 4.79 Å². The lowest BCUT2D eigenvalue weighted by molar-refractivity contribution is -0.119. The summed E-state index contributed by atoms with van der Waals surface area (Å²) in [5.41, 5.74) is 2.19. The number of carbonyl (C=O) groups is 1. The van der Waals surface area contributed by atoms with Crippen molar-refractivity contribution in [1.29, 1.82) is 0 Å². The molecule has 3 aromatic rings. The van der Waals surface area contributed by atoms with Gasteiger partial charge in [0.25, 0.3) is 0 Å². The van der Waals surface area contributed by atoms with Gasteiger partial charge in [-0.3, -0.25) is 4.79 Å². The molecule has 1 amide bonds. The van der Waals surface area contributed by atoms with E-state index < -0.39 is 0 Å². The van der Waals surface area contributed by atoms with Gasteiger partial charge in [0.15, 0.2) is 5.82 Å². The highest BCUT2D eigenvalue weighted by molar-refractivity contribution is 7.99. The van der Waals surface area contributed by atoms with Crippen molar-refractivity contribution in [3.63, 3.8) is 0 Å². The number of furan rings is 1. The van der Waals surface area contributed by atoms with E-state index in [1.165, 1.54) is 22.0 Å². The largest absolute Gasteiger partial charge is 0.467 e. The number of hydrogen-bond donors (Lipinski definition) is 2. The highest BCUT2D eigenvalue weighted by atomic mass is 32.2. The Morgan fingerprint density at radius 2 is 1.96 bits per heavy atom. The SMILES string of the molecule is C[C@H](NC(=O)CSc1nnc(-c2ccc(C(C)(C)C)cc2)n1N)c1ccco1. The summed E-state index contributed by atoms with van der Waals surface area (Å²) in [6, 6.07) is 11.5. The zero-order valence-electron chi connectivity index (χ0n) is 16.5. The minimum atomic E-state index is -0.198. The predicted octanol–water partition coefficient (Wildman–Crippen LogP) is 3.52. The Morgan fingerprint density at radius 1 is 1.25 bits per heavy atom. The number of nitrogens with zero attached hydrogens (tertiary/aromatic N) is 3. The van der Waals surface area contributed by atoms with Gasteiger partial charge in [-0.1, -0.05) is 56.8 Å². The second-order valence-electron chi connectivity index (χ2n) is 7.60. The topological polar surface area (TPSA) is 99.0 Å². The van der Waals surface area contributed by atoms with Gasteiger partial charge in [0.1, 0.15) is 5.76 Å². The first-order valence-electron chi connectivity index (χ1n) is 9.02. The van der Waals surface area contributed by atoms with Crippen molar-refractivity contribution >= 4 is 17.7 Å². The van der Waals surface area contributed by atoms with Gasteiger partial charge in [-0.2, -0.15) is 0 Å². The molecule has 28 heavy (non-hydrogen) atoms. The van der Waals surface area contributed by atoms with E-state index in [2.05, 4.69) is 48.4 Å². The van der Waals surface area contributed by atoms with Gasteiger partial charge < -0.3 is 15.6 Å². The van der Waals surface area contributed by atoms with Crippen LogP contribution in [0.5, 0.6) is 0 Å². The van der Waals surface area contributed by atoms with Crippen LogP contribution in [0.25, 0.3) is 11.4 Å². The normalized spacial score (nSPS) is 12.7. The number of nitrogens with two attached hydrogens (primary N) is 1. The smallest absolute Gasteiger partial charge is 0.231 e. The van der Waals surface area contributed by atoms with Crippen LogP contribution in [0.3, 0.4) is 0 Å². The number of hydrogen-bond acceptors (Lipinski definition) is 6. The van der Waals surface area contributed by atoms with E-state index in [1.807, 2.05) is 25.1 Å². The van der Waals surface area contributed by atoms with Crippen LogP contribution < -0.4 is 11.2 Å². The fourth-order valence-corrected chi connectivity index (χ4v) is 3.38. The maximum absolute atomic E-state index is 12.2. The van der Waals surface area contributed by atoms with Gasteiger partial charge in [-0.25, -0.2) is 4.68 Å². The summed E-state index contributed by atoms with van der Waals surface area (Å²) in [6.07, 6.45) is 1.58. The summed E-state index contributed by atoms with van der Waals surface area (Å²) in [6.45, 7) is 8.37. The zero-order valence-corrected chi connectivity index (χ0v) is 17.3. The molecular weight excluding hydrogens is 374 g/mol. The van der Waals surface area contributed by atoms with E-state index in [-0.39, 0.29) is 23.1 Å². The van der Waals surface area contributed by atoms with Crippen molar-refractivity contribution < 1.29 is 9.21 Å². The Kier molecular flexibility index (Phi) is 5.79. The van der Waals surface area contributed by atoms with Crippen LogP contribution in [0.15, 0.2) is 52.2 Å². The summed E-state index contributed by atoms with van der Waals surface area (Å²) < 4.78 is 6.71. The molecule has 8 heteroatoms. The molecule has 0 bridgehead atoms. The third-order valence-corrected chi connectivity index (χ3v) is 5.30. The van der Waals surface area contributed by atoms with Crippen LogP contribution in [0.1, 0.15) is 45.1 Å². The monoisotopic (exact) mass is 399 g/mol. The molecule has 0 radical (unpaired) electrons. The molecule has 2 heterocycles. The maximum atomic E-state index is 12.2. The number of amides is 1. The van der Waals surface area contributed by atoms with E-state index >= 15 is 0 Å². The highest BCUT2D eigenvalue weighted by Crippen LogP contribution is 2.26. The molecule has 0 aliphatic carbocycles. The zero-order chi connectivity index (χ0) is 20.3. The van der Waals surface area contributed by atoms with Crippen molar-refractivity contribution in [1.82, 2.24) is 20.2 Å². The van der Waals surface area contributed by atoms with Crippen LogP contribution in [-0.2, 0) is 10.2 Å². The summed E-state index contributed by atoms with van der Waals surface area (Å²) in [5.74, 6) is 7.47. The number of thioether (sulfide) groups is 1. The predicted molar refractivity (Wildman–Crippen MR) is 110 cm³/mol. The van der Waals surface area contributed by atoms with Gasteiger partial charge in [-0.15, -0.1) is 10.2 Å². The van der Waals surface area contributed by atoms with Gasteiger partial charge in [0.2, 0.25) is 11.1 Å². The van der Waals surface area contributed by atoms with E-state index in [0.717, 1.165) is 5.56 Å². The molecule has 0 saturated carbocycles. The summed E-state index contributed by atoms with van der Waals surface area (Å²) in [5, 5.41) is 11.7. The lowest BCUT2D eigenvalue weighted by atomic mass is 9.87. The molecule has 0 unspecified atom stereocenters. The molecule has 1 aromatic carbocycles. The average Bonchev–Trinajstić information content (AvgIpc) is 3.29. The molecule has 0 aliphatic heterocycles. The van der Waals surface area contributed by atoms with Crippen molar-refractivity contribution in [2.24, 2.45) is 0 Å². The molecule has 2 aromatic heterocycles. The lowest BCUT2D eigenvalue weighted by Gasteiger charge is -2.19. The number of benzene rings is 1. The van der Waals surface area contributed by atoms with Crippen LogP contribution in [0.2, 0.25) is 0 Å². The molecule has 3 N–H and O–H groups in total. The first-order chi connectivity index (χ1) is 13.3. The van der Waals surface area contributed by atoms with Gasteiger partial charge >= 0.3 is 0 Å². The Balaban J connectivity index is 1.62. The second kappa shape index (κ2) is 8.10. The van der Waals surface area contributed by atoms with Crippen LogP contribution >= 0.6 is 11.8 Å². The third-order valence-electron chi connectivity index (χ3n) is 4.35. The molecule has 7 nitrogen and oxygen atoms in total. The number of aromatic nitrogens is 3. The second-order valence-corrected chi connectivity index (χ2v) is 8.54. The molecule has 0 spiro atoms. The molecule has 0 fully saturated rings. The van der Waals surface area contributed by atoms with Gasteiger partial charge in [0.05, 0.1) is 18.1 Å². The highest BCUT2D eigenvalue weighted by Gasteiger charge is 2.17. The minimum Gasteiger partial charge on any atom is -0.467 e. The standard InChI is InChI=1S/C20H25N5O2S/c1-13(16-6-5-11-27-16)22-17(26)12-28-19-24-23-18(25(19)21)14-7-9-15(10-8-14)20(2,3)4/h5-11,13H,12,21H2,1-4H3,(H,22,26)/t13-/m0/s1. The van der Waals surface area contributed by atoms with Crippen LogP contribution in [0.4, 0.5) is 0 Å². The minimum absolute atomic E-state index is 0.0794. The van der Waals surface area contributed by atoms with E-state index in [0.29, 0.717) is 16.7 Å². The quantitative estimate of drug-likeness (QED) is 0.486. The molecule has 3 rings (SSSR count).